The number of aromatic nitrogens is 1. The molecule has 0 unspecified atom stereocenters. The number of hydrogen-bond donors (Lipinski definition) is 1. The minimum atomic E-state index is -0.430. The first kappa shape index (κ1) is 16.4. The first-order chi connectivity index (χ1) is 11.2. The number of rotatable bonds is 6. The van der Waals surface area contributed by atoms with Gasteiger partial charge >= 0.3 is 0 Å². The molecule has 1 aromatic heterocycles. The Morgan fingerprint density at radius 3 is 2.65 bits per heavy atom. The number of amides is 1. The fraction of sp³-hybridized carbons (Fsp3) is 0.222. The molecule has 0 aliphatic rings. The van der Waals surface area contributed by atoms with Gasteiger partial charge in [-0.1, -0.05) is 0 Å². The predicted molar refractivity (Wildman–Crippen MR) is 89.9 cm³/mol. The minimum Gasteiger partial charge on any atom is -0.494 e. The highest BCUT2D eigenvalue weighted by Gasteiger charge is 2.10. The summed E-state index contributed by atoms with van der Waals surface area (Å²) in [5.41, 5.74) is 1.50. The zero-order chi connectivity index (χ0) is 16.7. The van der Waals surface area contributed by atoms with Gasteiger partial charge in [0.15, 0.2) is 0 Å². The van der Waals surface area contributed by atoms with Gasteiger partial charge in [0.25, 0.3) is 5.91 Å². The molecular weight excluding hydrogens is 290 g/mol. The standard InChI is InChI=1S/C18H19N3O2/c1-3-21-11-5-6-16(21)12-14(13-19)18(22)20-15-7-9-17(10-8-15)23-4-2/h5-12H,3-4H2,1-2H3,(H,20,22)/b14-12-. The molecule has 2 rings (SSSR count). The van der Waals surface area contributed by atoms with Crippen molar-refractivity contribution in [3.63, 3.8) is 0 Å². The number of nitrogens with zero attached hydrogens (tertiary/aromatic N) is 2. The van der Waals surface area contributed by atoms with Gasteiger partial charge in [-0.15, -0.1) is 0 Å². The fourth-order valence-electron chi connectivity index (χ4n) is 2.14. The van der Waals surface area contributed by atoms with E-state index >= 15 is 0 Å². The lowest BCUT2D eigenvalue weighted by molar-refractivity contribution is -0.112. The van der Waals surface area contributed by atoms with E-state index in [0.717, 1.165) is 18.0 Å². The number of nitrogens with one attached hydrogen (secondary N) is 1. The van der Waals surface area contributed by atoms with E-state index in [0.29, 0.717) is 12.3 Å². The highest BCUT2D eigenvalue weighted by Crippen LogP contribution is 2.17. The second-order valence-electron chi connectivity index (χ2n) is 4.80. The lowest BCUT2D eigenvalue weighted by Gasteiger charge is -2.07. The summed E-state index contributed by atoms with van der Waals surface area (Å²) in [4.78, 5) is 12.2. The van der Waals surface area contributed by atoms with Crippen molar-refractivity contribution in [2.75, 3.05) is 11.9 Å². The van der Waals surface area contributed by atoms with Crippen LogP contribution in [0, 0.1) is 11.3 Å². The van der Waals surface area contributed by atoms with Crippen molar-refractivity contribution in [2.45, 2.75) is 20.4 Å². The minimum absolute atomic E-state index is 0.0623. The molecule has 0 atom stereocenters. The van der Waals surface area contributed by atoms with E-state index in [1.54, 1.807) is 30.3 Å². The number of carbonyl (C=O) groups excluding carboxylic acids is 1. The molecule has 0 saturated heterocycles. The van der Waals surface area contributed by atoms with Gasteiger partial charge in [-0.3, -0.25) is 4.79 Å². The van der Waals surface area contributed by atoms with Crippen molar-refractivity contribution >= 4 is 17.7 Å². The summed E-state index contributed by atoms with van der Waals surface area (Å²) in [6.07, 6.45) is 3.50. The van der Waals surface area contributed by atoms with Gasteiger partial charge in [-0.25, -0.2) is 0 Å². The number of hydrogen-bond acceptors (Lipinski definition) is 3. The number of anilines is 1. The molecule has 23 heavy (non-hydrogen) atoms. The SMILES string of the molecule is CCOc1ccc(NC(=O)/C(C#N)=C\c2cccn2CC)cc1. The molecule has 5 heteroatoms. The largest absolute Gasteiger partial charge is 0.494 e. The normalized spacial score (nSPS) is 10.9. The van der Waals surface area contributed by atoms with Gasteiger partial charge in [0, 0.05) is 24.1 Å². The number of ether oxygens (including phenoxy) is 1. The van der Waals surface area contributed by atoms with E-state index in [9.17, 15) is 10.1 Å². The second-order valence-corrected chi connectivity index (χ2v) is 4.80. The Hall–Kier alpha value is -3.00. The van der Waals surface area contributed by atoms with Crippen LogP contribution in [0.1, 0.15) is 19.5 Å². The van der Waals surface area contributed by atoms with Gasteiger partial charge in [-0.05, 0) is 56.3 Å². The van der Waals surface area contributed by atoms with Crippen molar-refractivity contribution < 1.29 is 9.53 Å². The van der Waals surface area contributed by atoms with Crippen LogP contribution in [0.5, 0.6) is 5.75 Å². The lowest BCUT2D eigenvalue weighted by atomic mass is 10.2. The summed E-state index contributed by atoms with van der Waals surface area (Å²) >= 11 is 0. The van der Waals surface area contributed by atoms with Crippen molar-refractivity contribution in [2.24, 2.45) is 0 Å². The van der Waals surface area contributed by atoms with E-state index < -0.39 is 5.91 Å². The van der Waals surface area contributed by atoms with E-state index in [4.69, 9.17) is 4.74 Å². The van der Waals surface area contributed by atoms with Crippen LogP contribution in [0.25, 0.3) is 6.08 Å². The lowest BCUT2D eigenvalue weighted by Crippen LogP contribution is -2.13. The molecule has 2 aromatic rings. The zero-order valence-electron chi connectivity index (χ0n) is 13.2. The summed E-state index contributed by atoms with van der Waals surface area (Å²) < 4.78 is 7.31. The van der Waals surface area contributed by atoms with E-state index in [1.165, 1.54) is 0 Å². The van der Waals surface area contributed by atoms with Crippen LogP contribution in [0.3, 0.4) is 0 Å². The highest BCUT2D eigenvalue weighted by molar-refractivity contribution is 6.09. The molecule has 5 nitrogen and oxygen atoms in total. The van der Waals surface area contributed by atoms with E-state index in [2.05, 4.69) is 5.32 Å². The molecule has 0 spiro atoms. The van der Waals surface area contributed by atoms with E-state index in [-0.39, 0.29) is 5.57 Å². The van der Waals surface area contributed by atoms with Crippen molar-refractivity contribution in [3.8, 4) is 11.8 Å². The molecule has 0 aliphatic heterocycles. The molecule has 1 heterocycles. The summed E-state index contributed by atoms with van der Waals surface area (Å²) in [5.74, 6) is 0.308. The monoisotopic (exact) mass is 309 g/mol. The van der Waals surface area contributed by atoms with E-state index in [1.807, 2.05) is 42.8 Å². The Morgan fingerprint density at radius 2 is 2.04 bits per heavy atom. The summed E-state index contributed by atoms with van der Waals surface area (Å²) in [6.45, 7) is 5.28. The van der Waals surface area contributed by atoms with Crippen LogP contribution in [0.2, 0.25) is 0 Å². The molecule has 118 valence electrons. The fourth-order valence-corrected chi connectivity index (χ4v) is 2.14. The van der Waals surface area contributed by atoms with Crippen LogP contribution >= 0.6 is 0 Å². The molecule has 1 amide bonds. The van der Waals surface area contributed by atoms with Crippen LogP contribution < -0.4 is 10.1 Å². The van der Waals surface area contributed by atoms with Gasteiger partial charge in [-0.2, -0.15) is 5.26 Å². The second kappa shape index (κ2) is 7.85. The average Bonchev–Trinajstić information content (AvgIpc) is 3.01. The molecule has 1 N–H and O–H groups in total. The Balaban J connectivity index is 2.13. The summed E-state index contributed by atoms with van der Waals surface area (Å²) in [7, 11) is 0. The summed E-state index contributed by atoms with van der Waals surface area (Å²) in [5, 5.41) is 12.0. The molecule has 0 radical (unpaired) electrons. The highest BCUT2D eigenvalue weighted by atomic mass is 16.5. The number of carbonyl (C=O) groups is 1. The third kappa shape index (κ3) is 4.24. The first-order valence-electron chi connectivity index (χ1n) is 7.49. The Labute approximate surface area is 135 Å². The Bertz CT molecular complexity index is 736. The number of nitriles is 1. The smallest absolute Gasteiger partial charge is 0.266 e. The van der Waals surface area contributed by atoms with Crippen molar-refractivity contribution in [1.29, 1.82) is 5.26 Å². The first-order valence-corrected chi connectivity index (χ1v) is 7.49. The average molecular weight is 309 g/mol. The van der Waals surface area contributed by atoms with Gasteiger partial charge in [0.2, 0.25) is 0 Å². The van der Waals surface area contributed by atoms with Gasteiger partial charge in [0.05, 0.1) is 6.61 Å². The molecule has 1 aromatic carbocycles. The molecule has 0 aliphatic carbocycles. The molecule has 0 bridgehead atoms. The maximum Gasteiger partial charge on any atom is 0.266 e. The summed E-state index contributed by atoms with van der Waals surface area (Å²) in [6, 6.07) is 12.7. The molecular formula is C18H19N3O2. The van der Waals surface area contributed by atoms with Crippen LogP contribution in [-0.4, -0.2) is 17.1 Å². The van der Waals surface area contributed by atoms with Crippen molar-refractivity contribution in [1.82, 2.24) is 4.57 Å². The quantitative estimate of drug-likeness (QED) is 0.656. The Kier molecular flexibility index (Phi) is 5.59. The molecule has 0 saturated carbocycles. The number of aryl methyl sites for hydroxylation is 1. The van der Waals surface area contributed by atoms with Crippen molar-refractivity contribution in [3.05, 3.63) is 53.9 Å². The van der Waals surface area contributed by atoms with Gasteiger partial charge < -0.3 is 14.6 Å². The maximum absolute atomic E-state index is 12.2. The third-order valence-electron chi connectivity index (χ3n) is 3.29. The third-order valence-corrected chi connectivity index (χ3v) is 3.29. The van der Waals surface area contributed by atoms with Crippen LogP contribution in [0.15, 0.2) is 48.2 Å². The zero-order valence-corrected chi connectivity index (χ0v) is 13.2. The predicted octanol–water partition coefficient (Wildman–Crippen LogP) is 3.45. The van der Waals surface area contributed by atoms with Crippen LogP contribution in [0.4, 0.5) is 5.69 Å². The Morgan fingerprint density at radius 1 is 1.30 bits per heavy atom. The molecule has 0 fully saturated rings. The topological polar surface area (TPSA) is 67.0 Å². The van der Waals surface area contributed by atoms with Crippen LogP contribution in [-0.2, 0) is 11.3 Å². The number of benzene rings is 1. The van der Waals surface area contributed by atoms with Gasteiger partial charge in [0.1, 0.15) is 17.4 Å². The maximum atomic E-state index is 12.2.